The average Bonchev–Trinajstić information content (AvgIpc) is 2.90. The van der Waals surface area contributed by atoms with Crippen molar-refractivity contribution < 1.29 is 18.3 Å². The molecule has 1 amide bonds. The number of halogens is 2. The van der Waals surface area contributed by atoms with E-state index in [1.54, 1.807) is 4.90 Å². The maximum atomic E-state index is 13.2. The van der Waals surface area contributed by atoms with Crippen molar-refractivity contribution in [2.24, 2.45) is 11.8 Å². The van der Waals surface area contributed by atoms with Gasteiger partial charge in [-0.2, -0.15) is 0 Å². The van der Waals surface area contributed by atoms with E-state index in [2.05, 4.69) is 0 Å². The molecule has 1 saturated heterocycles. The zero-order valence-corrected chi connectivity index (χ0v) is 11.1. The molecule has 5 heteroatoms. The Morgan fingerprint density at radius 2 is 1.80 bits per heavy atom. The zero-order chi connectivity index (χ0) is 14.2. The third-order valence-corrected chi connectivity index (χ3v) is 4.16. The van der Waals surface area contributed by atoms with E-state index in [4.69, 9.17) is 4.74 Å². The fourth-order valence-corrected chi connectivity index (χ4v) is 3.21. The molecular weight excluding hydrogens is 264 g/mol. The highest BCUT2D eigenvalue weighted by Crippen LogP contribution is 2.46. The number of amides is 1. The van der Waals surface area contributed by atoms with Gasteiger partial charge in [0.1, 0.15) is 6.61 Å². The molecule has 3 nitrogen and oxygen atoms in total. The molecule has 2 fully saturated rings. The normalized spacial score (nSPS) is 27.4. The van der Waals surface area contributed by atoms with E-state index >= 15 is 0 Å². The lowest BCUT2D eigenvalue weighted by molar-refractivity contribution is -0.00307. The monoisotopic (exact) mass is 281 g/mol. The second-order valence-electron chi connectivity index (χ2n) is 5.73. The van der Waals surface area contributed by atoms with Crippen molar-refractivity contribution in [3.05, 3.63) is 35.9 Å². The molecule has 1 aliphatic carbocycles. The zero-order valence-electron chi connectivity index (χ0n) is 11.1. The van der Waals surface area contributed by atoms with Gasteiger partial charge in [-0.05, 0) is 17.4 Å². The highest BCUT2D eigenvalue weighted by atomic mass is 19.3. The second-order valence-corrected chi connectivity index (χ2v) is 5.73. The molecule has 0 bridgehead atoms. The van der Waals surface area contributed by atoms with Crippen LogP contribution in [0, 0.1) is 11.8 Å². The summed E-state index contributed by atoms with van der Waals surface area (Å²) in [6, 6.07) is 9.42. The van der Waals surface area contributed by atoms with E-state index < -0.39 is 12.0 Å². The average molecular weight is 281 g/mol. The Bertz CT molecular complexity index is 476. The summed E-state index contributed by atoms with van der Waals surface area (Å²) in [5.41, 5.74) is 0.923. The van der Waals surface area contributed by atoms with Crippen molar-refractivity contribution in [2.75, 3.05) is 13.1 Å². The van der Waals surface area contributed by atoms with Gasteiger partial charge in [0, 0.05) is 25.9 Å². The molecular formula is C15H17F2NO2. The molecule has 0 spiro atoms. The van der Waals surface area contributed by atoms with E-state index in [-0.39, 0.29) is 31.3 Å². The number of carbonyl (C=O) groups excluding carboxylic acids is 1. The van der Waals surface area contributed by atoms with E-state index in [0.717, 1.165) is 5.56 Å². The summed E-state index contributed by atoms with van der Waals surface area (Å²) in [7, 11) is 0. The Morgan fingerprint density at radius 3 is 2.40 bits per heavy atom. The van der Waals surface area contributed by atoms with Gasteiger partial charge in [-0.3, -0.25) is 0 Å². The van der Waals surface area contributed by atoms with Gasteiger partial charge < -0.3 is 9.64 Å². The number of hydrogen-bond acceptors (Lipinski definition) is 2. The maximum Gasteiger partial charge on any atom is 0.410 e. The van der Waals surface area contributed by atoms with Gasteiger partial charge in [0.25, 0.3) is 0 Å². The quantitative estimate of drug-likeness (QED) is 0.832. The molecule has 0 N–H and O–H groups in total. The first-order valence-electron chi connectivity index (χ1n) is 6.87. The largest absolute Gasteiger partial charge is 0.445 e. The first-order valence-corrected chi connectivity index (χ1v) is 6.87. The molecule has 3 rings (SSSR count). The van der Waals surface area contributed by atoms with Crippen LogP contribution < -0.4 is 0 Å². The molecule has 1 saturated carbocycles. The Morgan fingerprint density at radius 1 is 1.20 bits per heavy atom. The smallest absolute Gasteiger partial charge is 0.410 e. The lowest BCUT2D eigenvalue weighted by Gasteiger charge is -2.18. The van der Waals surface area contributed by atoms with Gasteiger partial charge in [0.15, 0.2) is 0 Å². The molecule has 20 heavy (non-hydrogen) atoms. The molecule has 1 heterocycles. The maximum absolute atomic E-state index is 13.2. The van der Waals surface area contributed by atoms with Crippen LogP contribution in [0.3, 0.4) is 0 Å². The number of rotatable bonds is 2. The number of fused-ring (bicyclic) bond motifs is 1. The molecule has 2 unspecified atom stereocenters. The van der Waals surface area contributed by atoms with Gasteiger partial charge in [0.05, 0.1) is 0 Å². The molecule has 0 aromatic heterocycles. The summed E-state index contributed by atoms with van der Waals surface area (Å²) in [6.45, 7) is 1.02. The van der Waals surface area contributed by atoms with Crippen LogP contribution in [0.1, 0.15) is 18.4 Å². The van der Waals surface area contributed by atoms with Gasteiger partial charge in [0.2, 0.25) is 5.92 Å². The molecule has 2 atom stereocenters. The number of likely N-dealkylation sites (tertiary alicyclic amines) is 1. The number of alkyl halides is 2. The molecule has 2 aliphatic rings. The number of hydrogen-bond donors (Lipinski definition) is 0. The van der Waals surface area contributed by atoms with Crippen LogP contribution >= 0.6 is 0 Å². The Balaban J connectivity index is 1.51. The summed E-state index contributed by atoms with van der Waals surface area (Å²) >= 11 is 0. The highest BCUT2D eigenvalue weighted by molar-refractivity contribution is 5.68. The predicted octanol–water partition coefficient (Wildman–Crippen LogP) is 3.30. The van der Waals surface area contributed by atoms with E-state index in [0.29, 0.717) is 13.1 Å². The van der Waals surface area contributed by atoms with E-state index in [9.17, 15) is 13.6 Å². The highest BCUT2D eigenvalue weighted by Gasteiger charge is 2.51. The van der Waals surface area contributed by atoms with Crippen LogP contribution in [0.2, 0.25) is 0 Å². The van der Waals surface area contributed by atoms with Gasteiger partial charge in [-0.25, -0.2) is 13.6 Å². The van der Waals surface area contributed by atoms with Crippen LogP contribution in [0.5, 0.6) is 0 Å². The van der Waals surface area contributed by atoms with Crippen molar-refractivity contribution in [1.29, 1.82) is 0 Å². The van der Waals surface area contributed by atoms with Crippen molar-refractivity contribution in [3.8, 4) is 0 Å². The van der Waals surface area contributed by atoms with Crippen molar-refractivity contribution in [3.63, 3.8) is 0 Å². The van der Waals surface area contributed by atoms with E-state index in [1.165, 1.54) is 0 Å². The van der Waals surface area contributed by atoms with Gasteiger partial charge in [-0.1, -0.05) is 30.3 Å². The van der Waals surface area contributed by atoms with E-state index in [1.807, 2.05) is 30.3 Å². The topological polar surface area (TPSA) is 29.5 Å². The number of carbonyl (C=O) groups is 1. The minimum atomic E-state index is -2.55. The van der Waals surface area contributed by atoms with Gasteiger partial charge in [-0.15, -0.1) is 0 Å². The minimum Gasteiger partial charge on any atom is -0.445 e. The minimum absolute atomic E-state index is 0.0747. The summed E-state index contributed by atoms with van der Waals surface area (Å²) in [5, 5.41) is 0. The van der Waals surface area contributed by atoms with Crippen molar-refractivity contribution in [2.45, 2.75) is 25.4 Å². The second kappa shape index (κ2) is 5.04. The van der Waals surface area contributed by atoms with Crippen molar-refractivity contribution in [1.82, 2.24) is 4.90 Å². The molecule has 1 aromatic rings. The molecule has 0 radical (unpaired) electrons. The van der Waals surface area contributed by atoms with Crippen LogP contribution in [0.4, 0.5) is 13.6 Å². The number of ether oxygens (including phenoxy) is 1. The number of nitrogens with zero attached hydrogens (tertiary/aromatic N) is 1. The lowest BCUT2D eigenvalue weighted by atomic mass is 10.0. The Labute approximate surface area is 116 Å². The first-order chi connectivity index (χ1) is 9.53. The third-order valence-electron chi connectivity index (χ3n) is 4.16. The standard InChI is InChI=1S/C15H17F2NO2/c16-15(17)6-12-8-18(9-13(12)7-15)14(19)20-10-11-4-2-1-3-5-11/h1-5,12-13H,6-10H2. The molecule has 1 aliphatic heterocycles. The predicted molar refractivity (Wildman–Crippen MR) is 69.4 cm³/mol. The van der Waals surface area contributed by atoms with Crippen molar-refractivity contribution >= 4 is 6.09 Å². The number of benzene rings is 1. The summed E-state index contributed by atoms with van der Waals surface area (Å²) in [6.07, 6.45) is -0.591. The Kier molecular flexibility index (Phi) is 3.36. The summed E-state index contributed by atoms with van der Waals surface area (Å²) < 4.78 is 31.7. The summed E-state index contributed by atoms with van der Waals surface area (Å²) in [5.74, 6) is -2.70. The Hall–Kier alpha value is -1.65. The van der Waals surface area contributed by atoms with Crippen LogP contribution in [0.25, 0.3) is 0 Å². The van der Waals surface area contributed by atoms with Gasteiger partial charge >= 0.3 is 6.09 Å². The third kappa shape index (κ3) is 2.76. The van der Waals surface area contributed by atoms with Crippen LogP contribution in [-0.2, 0) is 11.3 Å². The fraction of sp³-hybridized carbons (Fsp3) is 0.533. The lowest BCUT2D eigenvalue weighted by Crippen LogP contribution is -2.31. The molecule has 108 valence electrons. The van der Waals surface area contributed by atoms with Crippen LogP contribution in [-0.4, -0.2) is 30.0 Å². The fourth-order valence-electron chi connectivity index (χ4n) is 3.21. The summed E-state index contributed by atoms with van der Waals surface area (Å²) in [4.78, 5) is 13.5. The molecule has 1 aromatic carbocycles. The first kappa shape index (κ1) is 13.3. The van der Waals surface area contributed by atoms with Crippen LogP contribution in [0.15, 0.2) is 30.3 Å². The SMILES string of the molecule is O=C(OCc1ccccc1)N1CC2CC(F)(F)CC2C1.